The molecule has 0 amide bonds. The van der Waals surface area contributed by atoms with E-state index in [9.17, 15) is 0 Å². The van der Waals surface area contributed by atoms with Gasteiger partial charge in [0, 0.05) is 23.5 Å². The van der Waals surface area contributed by atoms with Gasteiger partial charge in [-0.05, 0) is 31.9 Å². The van der Waals surface area contributed by atoms with Gasteiger partial charge in [0.25, 0.3) is 0 Å². The number of para-hydroxylation sites is 1. The first-order chi connectivity index (χ1) is 9.10. The smallest absolute Gasteiger partial charge is 0.122 e. The van der Waals surface area contributed by atoms with Crippen LogP contribution in [-0.4, -0.2) is 12.1 Å². The van der Waals surface area contributed by atoms with Crippen LogP contribution in [0.1, 0.15) is 22.5 Å². The summed E-state index contributed by atoms with van der Waals surface area (Å²) in [5.74, 6) is 0.853. The molecule has 0 saturated heterocycles. The molecule has 19 heavy (non-hydrogen) atoms. The van der Waals surface area contributed by atoms with Crippen LogP contribution in [0.4, 0.5) is 5.69 Å². The Balaban J connectivity index is 2.16. The zero-order valence-electron chi connectivity index (χ0n) is 11.9. The lowest BCUT2D eigenvalue weighted by Crippen LogP contribution is -2.05. The van der Waals surface area contributed by atoms with Gasteiger partial charge in [0.15, 0.2) is 0 Å². The van der Waals surface area contributed by atoms with E-state index in [4.69, 9.17) is 4.74 Å². The van der Waals surface area contributed by atoms with Crippen molar-refractivity contribution in [1.29, 1.82) is 0 Å². The lowest BCUT2D eigenvalue weighted by Gasteiger charge is -2.13. The number of nitrogens with zero attached hydrogens (tertiary/aromatic N) is 1. The van der Waals surface area contributed by atoms with Crippen molar-refractivity contribution in [2.45, 2.75) is 27.3 Å². The van der Waals surface area contributed by atoms with Crippen molar-refractivity contribution < 1.29 is 4.74 Å². The molecule has 1 aromatic carbocycles. The molecule has 0 unspecified atom stereocenters. The third-order valence-corrected chi connectivity index (χ3v) is 3.14. The maximum atomic E-state index is 5.27. The number of hydrogen-bond donors (Lipinski definition) is 1. The monoisotopic (exact) mass is 256 g/mol. The van der Waals surface area contributed by atoms with Gasteiger partial charge in [0.1, 0.15) is 5.75 Å². The van der Waals surface area contributed by atoms with Crippen LogP contribution < -0.4 is 10.1 Å². The van der Waals surface area contributed by atoms with Gasteiger partial charge in [-0.25, -0.2) is 0 Å². The highest BCUT2D eigenvalue weighted by Crippen LogP contribution is 2.21. The van der Waals surface area contributed by atoms with Crippen LogP contribution in [0.3, 0.4) is 0 Å². The second-order valence-electron chi connectivity index (χ2n) is 4.76. The van der Waals surface area contributed by atoms with Gasteiger partial charge in [-0.2, -0.15) is 0 Å². The van der Waals surface area contributed by atoms with Crippen molar-refractivity contribution in [2.75, 3.05) is 12.4 Å². The lowest BCUT2D eigenvalue weighted by atomic mass is 10.1. The van der Waals surface area contributed by atoms with E-state index in [1.807, 2.05) is 19.1 Å². The van der Waals surface area contributed by atoms with E-state index in [1.54, 1.807) is 7.11 Å². The molecular formula is C16H20N2O. The van der Waals surface area contributed by atoms with Crippen molar-refractivity contribution in [3.8, 4) is 5.75 Å². The molecule has 0 saturated carbocycles. The Hall–Kier alpha value is -2.03. The Morgan fingerprint density at radius 2 is 1.79 bits per heavy atom. The Bertz CT molecular complexity index is 559. The van der Waals surface area contributed by atoms with Gasteiger partial charge in [-0.3, -0.25) is 4.98 Å². The number of anilines is 1. The van der Waals surface area contributed by atoms with Gasteiger partial charge in [-0.15, -0.1) is 0 Å². The molecule has 0 bridgehead atoms. The molecule has 100 valence electrons. The van der Waals surface area contributed by atoms with Crippen molar-refractivity contribution in [3.63, 3.8) is 0 Å². The molecule has 0 aliphatic carbocycles. The third kappa shape index (κ3) is 3.25. The van der Waals surface area contributed by atoms with E-state index in [0.29, 0.717) is 6.54 Å². The van der Waals surface area contributed by atoms with Gasteiger partial charge in [-0.1, -0.05) is 18.2 Å². The minimum atomic E-state index is 0.698. The Morgan fingerprint density at radius 3 is 2.42 bits per heavy atom. The second-order valence-corrected chi connectivity index (χ2v) is 4.76. The fourth-order valence-corrected chi connectivity index (χ4v) is 2.18. The number of benzene rings is 1. The fraction of sp³-hybridized carbons (Fsp3) is 0.312. The van der Waals surface area contributed by atoms with E-state index in [1.165, 1.54) is 16.8 Å². The predicted molar refractivity (Wildman–Crippen MR) is 78.8 cm³/mol. The molecule has 1 N–H and O–H groups in total. The van der Waals surface area contributed by atoms with Crippen LogP contribution in [0.25, 0.3) is 0 Å². The molecule has 2 aromatic rings. The summed E-state index contributed by atoms with van der Waals surface area (Å²) in [5, 5.41) is 3.46. The fourth-order valence-electron chi connectivity index (χ4n) is 2.18. The number of aromatic nitrogens is 1. The van der Waals surface area contributed by atoms with Crippen LogP contribution in [0.5, 0.6) is 5.75 Å². The quantitative estimate of drug-likeness (QED) is 0.907. The van der Waals surface area contributed by atoms with E-state index < -0.39 is 0 Å². The molecule has 0 fully saturated rings. The Labute approximate surface area is 114 Å². The van der Waals surface area contributed by atoms with Crippen LogP contribution >= 0.6 is 0 Å². The molecule has 3 heteroatoms. The van der Waals surface area contributed by atoms with E-state index in [-0.39, 0.29) is 0 Å². The average Bonchev–Trinajstić information content (AvgIpc) is 2.37. The van der Waals surface area contributed by atoms with E-state index in [0.717, 1.165) is 17.1 Å². The van der Waals surface area contributed by atoms with Crippen molar-refractivity contribution in [3.05, 3.63) is 52.8 Å². The molecule has 0 spiro atoms. The summed E-state index contributed by atoms with van der Waals surface area (Å²) >= 11 is 0. The number of aryl methyl sites for hydroxylation is 3. The lowest BCUT2D eigenvalue weighted by molar-refractivity contribution is 0.413. The van der Waals surface area contributed by atoms with Gasteiger partial charge in [0.05, 0.1) is 19.3 Å². The van der Waals surface area contributed by atoms with Crippen molar-refractivity contribution in [2.24, 2.45) is 0 Å². The largest absolute Gasteiger partial charge is 0.497 e. The zero-order chi connectivity index (χ0) is 13.8. The standard InChI is InChI=1S/C16H20N2O/c1-11-6-5-7-12(2)16(11)17-10-14-9-15(19-4)8-13(3)18-14/h5-9,17H,10H2,1-4H3. The van der Waals surface area contributed by atoms with Crippen molar-refractivity contribution >= 4 is 5.69 Å². The first kappa shape index (κ1) is 13.4. The topological polar surface area (TPSA) is 34.1 Å². The van der Waals surface area contributed by atoms with Gasteiger partial charge < -0.3 is 10.1 Å². The summed E-state index contributed by atoms with van der Waals surface area (Å²) in [4.78, 5) is 4.51. The Kier molecular flexibility index (Phi) is 4.05. The SMILES string of the molecule is COc1cc(C)nc(CNc2c(C)cccc2C)c1. The van der Waals surface area contributed by atoms with Gasteiger partial charge in [0.2, 0.25) is 0 Å². The minimum absolute atomic E-state index is 0.698. The molecule has 3 nitrogen and oxygen atoms in total. The molecule has 0 aliphatic heterocycles. The summed E-state index contributed by atoms with van der Waals surface area (Å²) in [6.45, 7) is 6.90. The first-order valence-electron chi connectivity index (χ1n) is 6.42. The zero-order valence-corrected chi connectivity index (χ0v) is 11.9. The summed E-state index contributed by atoms with van der Waals surface area (Å²) in [6.07, 6.45) is 0. The number of ether oxygens (including phenoxy) is 1. The highest BCUT2D eigenvalue weighted by Gasteiger charge is 2.04. The number of pyridine rings is 1. The summed E-state index contributed by atoms with van der Waals surface area (Å²) in [7, 11) is 1.68. The maximum Gasteiger partial charge on any atom is 0.122 e. The molecule has 0 aliphatic rings. The number of rotatable bonds is 4. The minimum Gasteiger partial charge on any atom is -0.497 e. The third-order valence-electron chi connectivity index (χ3n) is 3.14. The molecule has 2 rings (SSSR count). The number of hydrogen-bond acceptors (Lipinski definition) is 3. The predicted octanol–water partition coefficient (Wildman–Crippen LogP) is 3.63. The molecule has 0 atom stereocenters. The Morgan fingerprint density at radius 1 is 1.11 bits per heavy atom. The average molecular weight is 256 g/mol. The number of methoxy groups -OCH3 is 1. The second kappa shape index (κ2) is 5.74. The van der Waals surface area contributed by atoms with E-state index in [2.05, 4.69) is 42.3 Å². The molecule has 1 heterocycles. The van der Waals surface area contributed by atoms with Crippen LogP contribution in [0.15, 0.2) is 30.3 Å². The maximum absolute atomic E-state index is 5.27. The number of nitrogens with one attached hydrogen (secondary N) is 1. The van der Waals surface area contributed by atoms with Crippen LogP contribution in [0.2, 0.25) is 0 Å². The summed E-state index contributed by atoms with van der Waals surface area (Å²) in [6, 6.07) is 10.2. The van der Waals surface area contributed by atoms with Crippen LogP contribution in [0, 0.1) is 20.8 Å². The van der Waals surface area contributed by atoms with E-state index >= 15 is 0 Å². The normalized spacial score (nSPS) is 10.3. The molecule has 0 radical (unpaired) electrons. The van der Waals surface area contributed by atoms with Gasteiger partial charge >= 0.3 is 0 Å². The highest BCUT2D eigenvalue weighted by molar-refractivity contribution is 5.56. The molecule has 1 aromatic heterocycles. The highest BCUT2D eigenvalue weighted by atomic mass is 16.5. The first-order valence-corrected chi connectivity index (χ1v) is 6.42. The summed E-state index contributed by atoms with van der Waals surface area (Å²) in [5.41, 5.74) is 5.64. The molecular weight excluding hydrogens is 236 g/mol. The van der Waals surface area contributed by atoms with Crippen molar-refractivity contribution in [1.82, 2.24) is 4.98 Å². The van der Waals surface area contributed by atoms with Crippen LogP contribution in [-0.2, 0) is 6.54 Å². The summed E-state index contributed by atoms with van der Waals surface area (Å²) < 4.78 is 5.27.